The Morgan fingerprint density at radius 1 is 1.40 bits per heavy atom. The average Bonchev–Trinajstić information content (AvgIpc) is 2.25. The van der Waals surface area contributed by atoms with E-state index in [1.807, 2.05) is 0 Å². The van der Waals surface area contributed by atoms with Gasteiger partial charge in [-0.15, -0.1) is 0 Å². The van der Waals surface area contributed by atoms with Crippen LogP contribution in [0.3, 0.4) is 0 Å². The minimum Gasteiger partial charge on any atom is -0.319 e. The van der Waals surface area contributed by atoms with Crippen molar-refractivity contribution in [3.05, 3.63) is 0 Å². The van der Waals surface area contributed by atoms with Crippen LogP contribution in [0.1, 0.15) is 26.2 Å². The summed E-state index contributed by atoms with van der Waals surface area (Å²) >= 11 is 2.18. The van der Waals surface area contributed by atoms with E-state index in [0.717, 1.165) is 17.2 Å². The van der Waals surface area contributed by atoms with E-state index >= 15 is 0 Å². The molecule has 15 heavy (non-hydrogen) atoms. The Balaban J connectivity index is 1.82. The summed E-state index contributed by atoms with van der Waals surface area (Å²) in [6, 6.07) is 0.896. The third-order valence-corrected chi connectivity index (χ3v) is 5.31. The van der Waals surface area contributed by atoms with Crippen LogP contribution in [0.5, 0.6) is 0 Å². The van der Waals surface area contributed by atoms with E-state index in [-0.39, 0.29) is 0 Å². The van der Waals surface area contributed by atoms with Crippen LogP contribution >= 0.6 is 11.8 Å². The minimum absolute atomic E-state index is 0.896. The summed E-state index contributed by atoms with van der Waals surface area (Å²) in [7, 11) is 2.08. The topological polar surface area (TPSA) is 15.3 Å². The van der Waals surface area contributed by atoms with Gasteiger partial charge in [0.2, 0.25) is 0 Å². The molecule has 1 aliphatic heterocycles. The third kappa shape index (κ3) is 2.69. The maximum atomic E-state index is 3.33. The number of hydrogen-bond acceptors (Lipinski definition) is 3. The summed E-state index contributed by atoms with van der Waals surface area (Å²) in [6.07, 6.45) is 4.21. The first kappa shape index (κ1) is 11.7. The molecule has 1 saturated carbocycles. The molecular formula is C12H24N2S. The molecule has 0 bridgehead atoms. The SMILES string of the molecule is CCC1CN(C2CCC2CNC)CCS1. The van der Waals surface area contributed by atoms with Gasteiger partial charge >= 0.3 is 0 Å². The zero-order valence-electron chi connectivity index (χ0n) is 10.0. The van der Waals surface area contributed by atoms with Gasteiger partial charge in [-0.3, -0.25) is 4.90 Å². The molecule has 88 valence electrons. The van der Waals surface area contributed by atoms with Gasteiger partial charge < -0.3 is 5.32 Å². The number of rotatable bonds is 4. The molecule has 2 rings (SSSR count). The van der Waals surface area contributed by atoms with Crippen LogP contribution < -0.4 is 5.32 Å². The number of nitrogens with one attached hydrogen (secondary N) is 1. The smallest absolute Gasteiger partial charge is 0.0172 e. The predicted octanol–water partition coefficient (Wildman–Crippen LogP) is 1.81. The molecule has 1 saturated heterocycles. The lowest BCUT2D eigenvalue weighted by Gasteiger charge is -2.47. The molecule has 1 aliphatic carbocycles. The zero-order chi connectivity index (χ0) is 10.7. The molecule has 2 fully saturated rings. The highest BCUT2D eigenvalue weighted by Crippen LogP contribution is 2.34. The lowest BCUT2D eigenvalue weighted by molar-refractivity contribution is 0.0654. The lowest BCUT2D eigenvalue weighted by Crippen LogP contribution is -2.54. The van der Waals surface area contributed by atoms with E-state index in [2.05, 4.69) is 35.9 Å². The zero-order valence-corrected chi connectivity index (χ0v) is 10.9. The van der Waals surface area contributed by atoms with Gasteiger partial charge in [0, 0.05) is 30.1 Å². The summed E-state index contributed by atoms with van der Waals surface area (Å²) in [4.78, 5) is 2.76. The van der Waals surface area contributed by atoms with E-state index in [1.54, 1.807) is 0 Å². The highest BCUT2D eigenvalue weighted by molar-refractivity contribution is 8.00. The molecule has 2 nitrogen and oxygen atoms in total. The maximum Gasteiger partial charge on any atom is 0.0172 e. The number of nitrogens with zero attached hydrogens (tertiary/aromatic N) is 1. The quantitative estimate of drug-likeness (QED) is 0.790. The van der Waals surface area contributed by atoms with Crippen molar-refractivity contribution in [2.45, 2.75) is 37.5 Å². The molecule has 0 spiro atoms. The van der Waals surface area contributed by atoms with E-state index in [9.17, 15) is 0 Å². The van der Waals surface area contributed by atoms with Crippen molar-refractivity contribution in [1.29, 1.82) is 0 Å². The molecule has 0 aromatic carbocycles. The Morgan fingerprint density at radius 2 is 2.27 bits per heavy atom. The van der Waals surface area contributed by atoms with E-state index in [0.29, 0.717) is 0 Å². The monoisotopic (exact) mass is 228 g/mol. The highest BCUT2D eigenvalue weighted by atomic mass is 32.2. The summed E-state index contributed by atoms with van der Waals surface area (Å²) in [5.74, 6) is 2.27. The molecule has 0 amide bonds. The van der Waals surface area contributed by atoms with Gasteiger partial charge in [0.15, 0.2) is 0 Å². The Hall–Kier alpha value is 0.270. The normalized spacial score (nSPS) is 37.6. The predicted molar refractivity (Wildman–Crippen MR) is 68.5 cm³/mol. The van der Waals surface area contributed by atoms with Gasteiger partial charge in [-0.1, -0.05) is 6.92 Å². The van der Waals surface area contributed by atoms with Gasteiger partial charge in [-0.2, -0.15) is 11.8 Å². The Bertz CT molecular complexity index is 198. The minimum atomic E-state index is 0.896. The van der Waals surface area contributed by atoms with Gasteiger partial charge in [0.1, 0.15) is 0 Å². The van der Waals surface area contributed by atoms with Crippen molar-refractivity contribution in [3.8, 4) is 0 Å². The van der Waals surface area contributed by atoms with Crippen molar-refractivity contribution >= 4 is 11.8 Å². The molecule has 0 aromatic rings. The third-order valence-electron chi connectivity index (χ3n) is 3.94. The van der Waals surface area contributed by atoms with Crippen molar-refractivity contribution in [3.63, 3.8) is 0 Å². The Kier molecular flexibility index (Phi) is 4.35. The van der Waals surface area contributed by atoms with Crippen LogP contribution in [-0.2, 0) is 0 Å². The fourth-order valence-corrected chi connectivity index (χ4v) is 4.03. The van der Waals surface area contributed by atoms with Gasteiger partial charge in [-0.05, 0) is 38.8 Å². The summed E-state index contributed by atoms with van der Waals surface area (Å²) in [5, 5.41) is 4.23. The van der Waals surface area contributed by atoms with Crippen molar-refractivity contribution < 1.29 is 0 Å². The second kappa shape index (κ2) is 5.55. The van der Waals surface area contributed by atoms with Gasteiger partial charge in [0.25, 0.3) is 0 Å². The van der Waals surface area contributed by atoms with Crippen molar-refractivity contribution in [2.24, 2.45) is 5.92 Å². The first-order valence-corrected chi connectivity index (χ1v) is 7.40. The molecule has 0 aromatic heterocycles. The molecule has 3 heteroatoms. The largest absolute Gasteiger partial charge is 0.319 e. The molecule has 1 heterocycles. The summed E-state index contributed by atoms with van der Waals surface area (Å²) in [5.41, 5.74) is 0. The van der Waals surface area contributed by atoms with E-state index < -0.39 is 0 Å². The molecule has 1 N–H and O–H groups in total. The Labute approximate surface area is 98.2 Å². The summed E-state index contributed by atoms with van der Waals surface area (Å²) < 4.78 is 0. The molecular weight excluding hydrogens is 204 g/mol. The van der Waals surface area contributed by atoms with Crippen molar-refractivity contribution in [2.75, 3.05) is 32.4 Å². The average molecular weight is 228 g/mol. The molecule has 3 atom stereocenters. The van der Waals surface area contributed by atoms with Crippen LogP contribution in [0.2, 0.25) is 0 Å². The van der Waals surface area contributed by atoms with E-state index in [4.69, 9.17) is 0 Å². The first-order valence-electron chi connectivity index (χ1n) is 6.35. The van der Waals surface area contributed by atoms with Crippen molar-refractivity contribution in [1.82, 2.24) is 10.2 Å². The lowest BCUT2D eigenvalue weighted by atomic mass is 9.78. The second-order valence-corrected chi connectivity index (χ2v) is 6.27. The second-order valence-electron chi connectivity index (χ2n) is 4.86. The van der Waals surface area contributed by atoms with Crippen LogP contribution in [0, 0.1) is 5.92 Å². The van der Waals surface area contributed by atoms with Gasteiger partial charge in [-0.25, -0.2) is 0 Å². The van der Waals surface area contributed by atoms with Crippen LogP contribution in [0.4, 0.5) is 0 Å². The van der Waals surface area contributed by atoms with Crippen LogP contribution in [0.15, 0.2) is 0 Å². The standard InChI is InChI=1S/C12H24N2S/c1-3-11-9-14(6-7-15-11)12-5-4-10(12)8-13-2/h10-13H,3-9H2,1-2H3. The number of thioether (sulfide) groups is 1. The van der Waals surface area contributed by atoms with Crippen LogP contribution in [-0.4, -0.2) is 48.6 Å². The molecule has 0 radical (unpaired) electrons. The van der Waals surface area contributed by atoms with Crippen LogP contribution in [0.25, 0.3) is 0 Å². The maximum absolute atomic E-state index is 3.33. The fourth-order valence-electron chi connectivity index (χ4n) is 2.82. The first-order chi connectivity index (χ1) is 7.35. The number of hydrogen-bond donors (Lipinski definition) is 1. The fraction of sp³-hybridized carbons (Fsp3) is 1.00. The Morgan fingerprint density at radius 3 is 2.87 bits per heavy atom. The summed E-state index contributed by atoms with van der Waals surface area (Å²) in [6.45, 7) is 6.20. The van der Waals surface area contributed by atoms with Gasteiger partial charge in [0.05, 0.1) is 0 Å². The molecule has 3 unspecified atom stereocenters. The highest BCUT2D eigenvalue weighted by Gasteiger charge is 2.36. The molecule has 2 aliphatic rings. The van der Waals surface area contributed by atoms with E-state index in [1.165, 1.54) is 44.6 Å².